The van der Waals surface area contributed by atoms with Gasteiger partial charge in [-0.05, 0) is 88.2 Å². The summed E-state index contributed by atoms with van der Waals surface area (Å²) in [5, 5.41) is 10.9. The van der Waals surface area contributed by atoms with Crippen LogP contribution < -0.4 is 20.7 Å². The summed E-state index contributed by atoms with van der Waals surface area (Å²) in [4.78, 5) is 0. The van der Waals surface area contributed by atoms with Gasteiger partial charge in [-0.1, -0.05) is 146 Å². The Balaban J connectivity index is 1.16. The van der Waals surface area contributed by atoms with E-state index in [0.29, 0.717) is 6.04 Å². The average molecular weight is 685 g/mol. The van der Waals surface area contributed by atoms with Crippen LogP contribution in [0.25, 0.3) is 49.3 Å². The second kappa shape index (κ2) is 11.7. The van der Waals surface area contributed by atoms with Crippen molar-refractivity contribution in [3.8, 4) is 5.69 Å². The van der Waals surface area contributed by atoms with Crippen LogP contribution in [0, 0.1) is 11.8 Å². The van der Waals surface area contributed by atoms with E-state index in [-0.39, 0.29) is 0 Å². The Labute approximate surface area is 305 Å². The van der Waals surface area contributed by atoms with Crippen LogP contribution in [0.4, 0.5) is 0 Å². The average Bonchev–Trinajstić information content (AvgIpc) is 4.00. The summed E-state index contributed by atoms with van der Waals surface area (Å²) in [5.41, 5.74) is 6.49. The molecular formula is C49H40N2Si. The normalized spacial score (nSPS) is 18.7. The number of hydrogen-bond acceptors (Lipinski definition) is 0. The molecule has 2 saturated carbocycles. The lowest BCUT2D eigenvalue weighted by atomic mass is 9.95. The fourth-order valence-electron chi connectivity index (χ4n) is 10.6. The molecule has 0 spiro atoms. The highest BCUT2D eigenvalue weighted by Crippen LogP contribution is 2.53. The second-order valence-corrected chi connectivity index (χ2v) is 19.1. The van der Waals surface area contributed by atoms with Gasteiger partial charge in [0.05, 0.1) is 11.0 Å². The molecule has 2 nitrogen and oxygen atoms in total. The predicted octanol–water partition coefficient (Wildman–Crippen LogP) is 9.63. The summed E-state index contributed by atoms with van der Waals surface area (Å²) < 4.78 is 5.23. The third-order valence-corrected chi connectivity index (χ3v) is 17.5. The quantitative estimate of drug-likeness (QED) is 0.122. The summed E-state index contributed by atoms with van der Waals surface area (Å²) in [7, 11) is -2.67. The Morgan fingerprint density at radius 2 is 0.923 bits per heavy atom. The van der Waals surface area contributed by atoms with Crippen molar-refractivity contribution in [2.45, 2.75) is 31.7 Å². The number of fused-ring (bicyclic) bond motifs is 8. The minimum Gasteiger partial charge on any atom is -0.337 e. The highest BCUT2D eigenvalue weighted by Gasteiger charge is 2.42. The zero-order chi connectivity index (χ0) is 34.2. The van der Waals surface area contributed by atoms with Crippen molar-refractivity contribution in [2.75, 3.05) is 0 Å². The van der Waals surface area contributed by atoms with E-state index in [1.807, 2.05) is 0 Å². The molecule has 7 aromatic carbocycles. The molecule has 52 heavy (non-hydrogen) atoms. The topological polar surface area (TPSA) is 9.86 Å². The van der Waals surface area contributed by atoms with E-state index in [1.54, 1.807) is 0 Å². The van der Waals surface area contributed by atoms with Crippen molar-refractivity contribution in [2.24, 2.45) is 11.8 Å². The third-order valence-electron chi connectivity index (χ3n) is 12.7. The van der Waals surface area contributed by atoms with Gasteiger partial charge in [0, 0.05) is 44.3 Å². The van der Waals surface area contributed by atoms with Crippen molar-refractivity contribution in [3.63, 3.8) is 0 Å². The molecule has 11 rings (SSSR count). The summed E-state index contributed by atoms with van der Waals surface area (Å²) >= 11 is 0. The fourth-order valence-corrected chi connectivity index (χ4v) is 15.3. The molecule has 2 aromatic heterocycles. The maximum atomic E-state index is 2.72. The second-order valence-electron chi connectivity index (χ2n) is 15.3. The Hall–Kier alpha value is -5.64. The Morgan fingerprint density at radius 3 is 1.54 bits per heavy atom. The van der Waals surface area contributed by atoms with Crippen LogP contribution in [0.3, 0.4) is 0 Å². The molecule has 3 unspecified atom stereocenters. The fraction of sp³-hybridized carbons (Fsp3) is 0.143. The van der Waals surface area contributed by atoms with Crippen molar-refractivity contribution in [1.82, 2.24) is 9.13 Å². The number of para-hydroxylation sites is 2. The highest BCUT2D eigenvalue weighted by molar-refractivity contribution is 7.20. The zero-order valence-corrected chi connectivity index (χ0v) is 30.2. The SMILES string of the molecule is c1ccc([Si](c2ccccc2)(c2ccccc2)c2ccc3c(c2)c2ccccc2n3-c2ccc3c(c2)c2ccccc2n3C2CC3CCC2C3)cc1. The maximum absolute atomic E-state index is 2.72. The van der Waals surface area contributed by atoms with Crippen LogP contribution in [0.1, 0.15) is 31.7 Å². The molecule has 0 saturated heterocycles. The van der Waals surface area contributed by atoms with Crippen LogP contribution >= 0.6 is 0 Å². The largest absolute Gasteiger partial charge is 0.337 e. The van der Waals surface area contributed by atoms with Crippen LogP contribution in [0.2, 0.25) is 0 Å². The van der Waals surface area contributed by atoms with Crippen molar-refractivity contribution in [3.05, 3.63) is 176 Å². The molecule has 3 heteroatoms. The first-order chi connectivity index (χ1) is 25.8. The van der Waals surface area contributed by atoms with E-state index in [2.05, 4.69) is 185 Å². The van der Waals surface area contributed by atoms with Crippen molar-refractivity contribution >= 4 is 72.4 Å². The van der Waals surface area contributed by atoms with E-state index in [0.717, 1.165) is 11.8 Å². The van der Waals surface area contributed by atoms with Gasteiger partial charge < -0.3 is 9.13 Å². The Kier molecular flexibility index (Phi) is 6.75. The number of rotatable bonds is 6. The molecule has 2 aliphatic rings. The Bertz CT molecular complexity index is 2660. The van der Waals surface area contributed by atoms with E-state index in [1.165, 1.54) is 95.7 Å². The smallest absolute Gasteiger partial charge is 0.179 e. The van der Waals surface area contributed by atoms with Crippen LogP contribution in [0.15, 0.2) is 176 Å². The first kappa shape index (κ1) is 30.0. The molecule has 2 heterocycles. The van der Waals surface area contributed by atoms with Gasteiger partial charge in [0.15, 0.2) is 8.07 Å². The van der Waals surface area contributed by atoms with Gasteiger partial charge in [0.1, 0.15) is 0 Å². The molecule has 0 aliphatic heterocycles. The number of benzene rings is 7. The summed E-state index contributed by atoms with van der Waals surface area (Å²) in [6.07, 6.45) is 5.54. The standard InChI is InChI=1S/C49H40N2Si/c1-4-14-37(15-5-1)52(38-16-6-2-7-17-38,39-18-8-3-9-19-39)40-27-29-47-44(33-40)42-21-10-12-22-45(42)50(47)36-26-28-48-43(32-36)41-20-11-13-23-46(41)51(48)49-31-34-24-25-35(49)30-34/h1-23,26-29,32-35,49H,24-25,30-31H2. The first-order valence-corrected chi connectivity index (χ1v) is 21.0. The first-order valence-electron chi connectivity index (χ1n) is 19.0. The molecule has 0 N–H and O–H groups in total. The lowest BCUT2D eigenvalue weighted by molar-refractivity contribution is 0.343. The third kappa shape index (κ3) is 4.29. The molecule has 0 radical (unpaired) electrons. The monoisotopic (exact) mass is 684 g/mol. The van der Waals surface area contributed by atoms with E-state index >= 15 is 0 Å². The molecule has 250 valence electrons. The number of nitrogens with zero attached hydrogens (tertiary/aromatic N) is 2. The van der Waals surface area contributed by atoms with E-state index in [4.69, 9.17) is 0 Å². The summed E-state index contributed by atoms with van der Waals surface area (Å²) in [5.74, 6) is 1.72. The lowest BCUT2D eigenvalue weighted by Gasteiger charge is -2.34. The maximum Gasteiger partial charge on any atom is 0.179 e. The summed E-state index contributed by atoms with van der Waals surface area (Å²) in [6, 6.07) is 67.1. The lowest BCUT2D eigenvalue weighted by Crippen LogP contribution is -2.74. The molecule has 2 aliphatic carbocycles. The number of aromatic nitrogens is 2. The predicted molar refractivity (Wildman–Crippen MR) is 222 cm³/mol. The van der Waals surface area contributed by atoms with Crippen LogP contribution in [0.5, 0.6) is 0 Å². The molecule has 9 aromatic rings. The molecule has 2 bridgehead atoms. The zero-order valence-electron chi connectivity index (χ0n) is 29.2. The minimum absolute atomic E-state index is 0.613. The van der Waals surface area contributed by atoms with Crippen molar-refractivity contribution in [1.29, 1.82) is 0 Å². The number of hydrogen-bond donors (Lipinski definition) is 0. The summed E-state index contributed by atoms with van der Waals surface area (Å²) in [6.45, 7) is 0. The van der Waals surface area contributed by atoms with Gasteiger partial charge in [-0.2, -0.15) is 0 Å². The molecule has 0 amide bonds. The van der Waals surface area contributed by atoms with E-state index in [9.17, 15) is 0 Å². The highest BCUT2D eigenvalue weighted by atomic mass is 28.3. The molecular weight excluding hydrogens is 645 g/mol. The van der Waals surface area contributed by atoms with E-state index < -0.39 is 8.07 Å². The van der Waals surface area contributed by atoms with Crippen LogP contribution in [-0.4, -0.2) is 17.2 Å². The van der Waals surface area contributed by atoms with Gasteiger partial charge in [-0.25, -0.2) is 0 Å². The van der Waals surface area contributed by atoms with Gasteiger partial charge in [0.25, 0.3) is 0 Å². The van der Waals surface area contributed by atoms with Gasteiger partial charge in [-0.15, -0.1) is 0 Å². The Morgan fingerprint density at radius 1 is 0.404 bits per heavy atom. The minimum atomic E-state index is -2.67. The van der Waals surface area contributed by atoms with Gasteiger partial charge in [0.2, 0.25) is 0 Å². The van der Waals surface area contributed by atoms with Crippen LogP contribution in [-0.2, 0) is 0 Å². The van der Waals surface area contributed by atoms with Gasteiger partial charge in [-0.3, -0.25) is 0 Å². The van der Waals surface area contributed by atoms with Gasteiger partial charge >= 0.3 is 0 Å². The molecule has 2 fully saturated rings. The van der Waals surface area contributed by atoms with Crippen molar-refractivity contribution < 1.29 is 0 Å². The molecule has 3 atom stereocenters.